The molecule has 0 N–H and O–H groups in total. The predicted octanol–water partition coefficient (Wildman–Crippen LogP) is 3.40. The lowest BCUT2D eigenvalue weighted by molar-refractivity contribution is -0.132. The summed E-state index contributed by atoms with van der Waals surface area (Å²) in [4.78, 5) is 25.8. The Morgan fingerprint density at radius 2 is 1.91 bits per heavy atom. The Morgan fingerprint density at radius 1 is 1.22 bits per heavy atom. The van der Waals surface area contributed by atoms with Gasteiger partial charge in [0.25, 0.3) is 0 Å². The van der Waals surface area contributed by atoms with Gasteiger partial charge in [-0.05, 0) is 36.5 Å². The van der Waals surface area contributed by atoms with E-state index in [4.69, 9.17) is 4.74 Å². The van der Waals surface area contributed by atoms with Crippen LogP contribution in [0.3, 0.4) is 0 Å². The largest absolute Gasteiger partial charge is 0.357 e. The van der Waals surface area contributed by atoms with Gasteiger partial charge in [-0.15, -0.1) is 0 Å². The maximum atomic E-state index is 13.3. The fourth-order valence-corrected chi connectivity index (χ4v) is 8.41. The van der Waals surface area contributed by atoms with Crippen molar-refractivity contribution in [3.05, 3.63) is 0 Å². The zero-order valence-electron chi connectivity index (χ0n) is 14.9. The second-order valence-corrected chi connectivity index (χ2v) is 9.90. The topological polar surface area (TPSA) is 46.7 Å². The van der Waals surface area contributed by atoms with Crippen molar-refractivity contribution in [2.24, 2.45) is 39.9 Å². The number of rotatable bonds is 1. The van der Waals surface area contributed by atoms with Crippen LogP contribution in [0.2, 0.25) is 0 Å². The number of epoxide rings is 1. The van der Waals surface area contributed by atoms with E-state index in [2.05, 4.69) is 34.6 Å². The fraction of sp³-hybridized carbons (Fsp3) is 0.900. The van der Waals surface area contributed by atoms with E-state index < -0.39 is 0 Å². The first-order chi connectivity index (χ1) is 10.7. The summed E-state index contributed by atoms with van der Waals surface area (Å²) in [6.45, 7) is 11.2. The molecule has 0 bridgehead atoms. The van der Waals surface area contributed by atoms with E-state index in [-0.39, 0.29) is 33.9 Å². The summed E-state index contributed by atoms with van der Waals surface area (Å²) < 4.78 is 6.15. The lowest BCUT2D eigenvalue weighted by Gasteiger charge is -2.46. The molecule has 4 aliphatic carbocycles. The Morgan fingerprint density at radius 3 is 2.57 bits per heavy atom. The third kappa shape index (κ3) is 1.09. The molecule has 5 rings (SSSR count). The molecule has 5 aliphatic rings. The molecule has 0 aromatic carbocycles. The van der Waals surface area contributed by atoms with Crippen LogP contribution < -0.4 is 0 Å². The Bertz CT molecular complexity index is 653. The number of carbonyl (C=O) groups is 2. The second-order valence-electron chi connectivity index (χ2n) is 9.90. The minimum absolute atomic E-state index is 0.0559. The molecule has 4 saturated carbocycles. The van der Waals surface area contributed by atoms with Crippen LogP contribution in [0.1, 0.15) is 60.3 Å². The van der Waals surface area contributed by atoms with Crippen molar-refractivity contribution in [1.82, 2.24) is 0 Å². The van der Waals surface area contributed by atoms with Crippen molar-refractivity contribution in [2.75, 3.05) is 0 Å². The molecule has 0 aromatic rings. The molecule has 0 radical (unpaired) electrons. The van der Waals surface area contributed by atoms with Gasteiger partial charge in [-0.2, -0.15) is 0 Å². The minimum Gasteiger partial charge on any atom is -0.357 e. The molecule has 0 amide bonds. The van der Waals surface area contributed by atoms with Gasteiger partial charge in [-0.3, -0.25) is 9.59 Å². The van der Waals surface area contributed by atoms with Crippen LogP contribution in [0.5, 0.6) is 0 Å². The van der Waals surface area contributed by atoms with E-state index in [1.807, 2.05) is 0 Å². The van der Waals surface area contributed by atoms with Crippen LogP contribution in [-0.4, -0.2) is 23.3 Å². The fourth-order valence-electron chi connectivity index (χ4n) is 8.41. The summed E-state index contributed by atoms with van der Waals surface area (Å²) in [6.07, 6.45) is 3.74. The van der Waals surface area contributed by atoms with Crippen molar-refractivity contribution in [2.45, 2.75) is 72.0 Å². The molecule has 8 atom stereocenters. The molecule has 0 aromatic heterocycles. The van der Waals surface area contributed by atoms with E-state index >= 15 is 0 Å². The Hall–Kier alpha value is -0.700. The quantitative estimate of drug-likeness (QED) is 0.697. The van der Waals surface area contributed by atoms with E-state index in [1.54, 1.807) is 0 Å². The van der Waals surface area contributed by atoms with Gasteiger partial charge in [0, 0.05) is 29.1 Å². The zero-order chi connectivity index (χ0) is 16.6. The zero-order valence-corrected chi connectivity index (χ0v) is 14.9. The van der Waals surface area contributed by atoms with Crippen LogP contribution in [0.15, 0.2) is 0 Å². The lowest BCUT2D eigenvalue weighted by atomic mass is 9.56. The van der Waals surface area contributed by atoms with Crippen LogP contribution >= 0.6 is 0 Å². The minimum atomic E-state index is -0.303. The Balaban J connectivity index is 1.71. The average Bonchev–Trinajstić information content (AvgIpc) is 2.98. The molecule has 1 heterocycles. The SMILES string of the molecule is CC(C)[C@H]1CC[C@]23C[C@@H]4[C@H](C)C(=O)[C@H]5O[C@]54[C@@]2(C)CC(=O)[C@]13C. The number of hydrogen-bond donors (Lipinski definition) is 0. The molecule has 0 unspecified atom stereocenters. The third-order valence-corrected chi connectivity index (χ3v) is 9.51. The summed E-state index contributed by atoms with van der Waals surface area (Å²) in [5.41, 5.74) is -0.595. The van der Waals surface area contributed by atoms with Crippen molar-refractivity contribution >= 4 is 11.6 Å². The summed E-state index contributed by atoms with van der Waals surface area (Å²) in [5.74, 6) is 2.22. The molecular weight excluding hydrogens is 288 g/mol. The van der Waals surface area contributed by atoms with E-state index in [9.17, 15) is 9.59 Å². The van der Waals surface area contributed by atoms with E-state index in [1.165, 1.54) is 0 Å². The monoisotopic (exact) mass is 316 g/mol. The lowest BCUT2D eigenvalue weighted by Crippen LogP contribution is -2.46. The maximum absolute atomic E-state index is 13.3. The molecule has 1 aliphatic heterocycles. The van der Waals surface area contributed by atoms with Gasteiger partial charge in [0.15, 0.2) is 5.78 Å². The van der Waals surface area contributed by atoms with Crippen LogP contribution in [-0.2, 0) is 14.3 Å². The normalized spacial score (nSPS) is 62.5. The van der Waals surface area contributed by atoms with Crippen molar-refractivity contribution in [3.63, 3.8) is 0 Å². The first kappa shape index (κ1) is 14.6. The first-order valence-electron chi connectivity index (χ1n) is 9.42. The highest BCUT2D eigenvalue weighted by molar-refractivity contribution is 5.97. The highest BCUT2D eigenvalue weighted by atomic mass is 16.6. The summed E-state index contributed by atoms with van der Waals surface area (Å²) in [6, 6.07) is 0. The van der Waals surface area contributed by atoms with Crippen molar-refractivity contribution in [1.29, 1.82) is 0 Å². The number of hydrogen-bond acceptors (Lipinski definition) is 3. The predicted molar refractivity (Wildman–Crippen MR) is 85.7 cm³/mol. The van der Waals surface area contributed by atoms with Crippen molar-refractivity contribution in [3.8, 4) is 0 Å². The van der Waals surface area contributed by atoms with Crippen LogP contribution in [0.25, 0.3) is 0 Å². The second kappa shape index (κ2) is 3.61. The highest BCUT2D eigenvalue weighted by Gasteiger charge is 2.92. The molecule has 3 heteroatoms. The molecule has 126 valence electrons. The third-order valence-electron chi connectivity index (χ3n) is 9.51. The molecule has 1 saturated heterocycles. The van der Waals surface area contributed by atoms with E-state index in [0.717, 1.165) is 19.3 Å². The smallest absolute Gasteiger partial charge is 0.167 e. The van der Waals surface area contributed by atoms with Gasteiger partial charge in [0.05, 0.1) is 0 Å². The van der Waals surface area contributed by atoms with Gasteiger partial charge in [-0.1, -0.05) is 34.6 Å². The van der Waals surface area contributed by atoms with Crippen LogP contribution in [0, 0.1) is 39.9 Å². The van der Waals surface area contributed by atoms with Gasteiger partial charge in [0.2, 0.25) is 0 Å². The van der Waals surface area contributed by atoms with Gasteiger partial charge < -0.3 is 4.74 Å². The van der Waals surface area contributed by atoms with Gasteiger partial charge in [-0.25, -0.2) is 0 Å². The number of ether oxygens (including phenoxy) is 1. The van der Waals surface area contributed by atoms with E-state index in [0.29, 0.717) is 35.7 Å². The van der Waals surface area contributed by atoms with Gasteiger partial charge in [0.1, 0.15) is 17.5 Å². The number of ketones is 2. The standard InChI is InChI=1S/C20H28O3/c1-10(2)12-6-7-19-8-13-11(3)15(22)16-20(13,23-16)17(19,4)9-14(21)18(12,19)5/h10-13,16H,6-9H2,1-5H3/t11-,12+,13+,16+,17-,18-,19-,20-/m0/s1. The number of Topliss-reactive ketones (excluding diaryl/α,β-unsaturated/α-hetero) is 2. The van der Waals surface area contributed by atoms with Gasteiger partial charge >= 0.3 is 0 Å². The Kier molecular flexibility index (Phi) is 2.30. The molecule has 5 fully saturated rings. The highest BCUT2D eigenvalue weighted by Crippen LogP contribution is 2.86. The summed E-state index contributed by atoms with van der Waals surface area (Å²) >= 11 is 0. The van der Waals surface area contributed by atoms with Crippen LogP contribution in [0.4, 0.5) is 0 Å². The summed E-state index contributed by atoms with van der Waals surface area (Å²) in [7, 11) is 0. The maximum Gasteiger partial charge on any atom is 0.167 e. The summed E-state index contributed by atoms with van der Waals surface area (Å²) in [5, 5.41) is 0. The first-order valence-corrected chi connectivity index (χ1v) is 9.42. The molecule has 3 nitrogen and oxygen atoms in total. The molecule has 2 spiro atoms. The molecule has 23 heavy (non-hydrogen) atoms. The Labute approximate surface area is 138 Å². The molecular formula is C20H28O3. The van der Waals surface area contributed by atoms with Crippen molar-refractivity contribution < 1.29 is 14.3 Å². The average molecular weight is 316 g/mol. The number of carbonyl (C=O) groups excluding carboxylic acids is 2.